The normalized spacial score (nSPS) is 14.6. The number of carbonyl (C=O) groups excluding carboxylic acids is 1. The Hall–Kier alpha value is -1.26. The molecule has 1 aromatic carbocycles. The molecule has 92 valence electrons. The molecule has 0 heterocycles. The van der Waals surface area contributed by atoms with Crippen LogP contribution in [-0.4, -0.2) is 18.6 Å². The van der Waals surface area contributed by atoms with E-state index in [1.165, 1.54) is 12.8 Å². The summed E-state index contributed by atoms with van der Waals surface area (Å²) in [5.41, 5.74) is 6.00. The first-order chi connectivity index (χ1) is 8.16. The van der Waals surface area contributed by atoms with E-state index in [1.54, 1.807) is 6.07 Å². The number of benzene rings is 1. The van der Waals surface area contributed by atoms with Crippen LogP contribution in [0.1, 0.15) is 18.4 Å². The lowest BCUT2D eigenvalue weighted by Gasteiger charge is -2.12. The van der Waals surface area contributed by atoms with Crippen molar-refractivity contribution < 1.29 is 9.53 Å². The van der Waals surface area contributed by atoms with Crippen LogP contribution in [0.5, 0.6) is 5.75 Å². The smallest absolute Gasteiger partial charge is 0.255 e. The topological polar surface area (TPSA) is 64.4 Å². The maximum atomic E-state index is 10.7. The molecule has 1 aliphatic rings. The van der Waals surface area contributed by atoms with E-state index >= 15 is 0 Å². The van der Waals surface area contributed by atoms with Gasteiger partial charge in [0.1, 0.15) is 5.75 Å². The molecule has 0 spiro atoms. The Morgan fingerprint density at radius 2 is 2.29 bits per heavy atom. The SMILES string of the molecule is NC(=O)COc1c(Cl)cccc1CNC1CC1. The average molecular weight is 255 g/mol. The Balaban J connectivity index is 2.05. The highest BCUT2D eigenvalue weighted by atomic mass is 35.5. The van der Waals surface area contributed by atoms with E-state index in [-0.39, 0.29) is 6.61 Å². The molecular weight excluding hydrogens is 240 g/mol. The quantitative estimate of drug-likeness (QED) is 0.808. The highest BCUT2D eigenvalue weighted by Gasteiger charge is 2.21. The fourth-order valence-electron chi connectivity index (χ4n) is 1.54. The summed E-state index contributed by atoms with van der Waals surface area (Å²) in [6.45, 7) is 0.541. The number of hydrogen-bond acceptors (Lipinski definition) is 3. The van der Waals surface area contributed by atoms with Crippen LogP contribution in [0.4, 0.5) is 0 Å². The number of halogens is 1. The second-order valence-electron chi connectivity index (χ2n) is 4.14. The van der Waals surface area contributed by atoms with Crippen LogP contribution in [0.2, 0.25) is 5.02 Å². The first-order valence-electron chi connectivity index (χ1n) is 5.58. The number of amides is 1. The van der Waals surface area contributed by atoms with Gasteiger partial charge in [-0.15, -0.1) is 0 Å². The number of nitrogens with one attached hydrogen (secondary N) is 1. The standard InChI is InChI=1S/C12H15ClN2O2/c13-10-3-1-2-8(6-15-9-4-5-9)12(10)17-7-11(14)16/h1-3,9,15H,4-7H2,(H2,14,16). The number of carbonyl (C=O) groups is 1. The lowest BCUT2D eigenvalue weighted by atomic mass is 10.2. The molecule has 0 aromatic heterocycles. The van der Waals surface area contributed by atoms with Crippen molar-refractivity contribution in [3.63, 3.8) is 0 Å². The Labute approximate surface area is 105 Å². The van der Waals surface area contributed by atoms with Gasteiger partial charge < -0.3 is 15.8 Å². The fourth-order valence-corrected chi connectivity index (χ4v) is 1.79. The van der Waals surface area contributed by atoms with E-state index in [1.807, 2.05) is 12.1 Å². The van der Waals surface area contributed by atoms with Crippen LogP contribution in [-0.2, 0) is 11.3 Å². The van der Waals surface area contributed by atoms with Gasteiger partial charge in [-0.2, -0.15) is 0 Å². The van der Waals surface area contributed by atoms with Gasteiger partial charge in [0.2, 0.25) is 0 Å². The molecule has 0 aliphatic heterocycles. The Kier molecular flexibility index (Phi) is 3.86. The van der Waals surface area contributed by atoms with Gasteiger partial charge >= 0.3 is 0 Å². The van der Waals surface area contributed by atoms with Gasteiger partial charge in [0.15, 0.2) is 6.61 Å². The summed E-state index contributed by atoms with van der Waals surface area (Å²) in [6, 6.07) is 6.14. The molecule has 1 amide bonds. The maximum absolute atomic E-state index is 10.7. The monoisotopic (exact) mass is 254 g/mol. The summed E-state index contributed by atoms with van der Waals surface area (Å²) in [7, 11) is 0. The molecule has 0 atom stereocenters. The lowest BCUT2D eigenvalue weighted by Crippen LogP contribution is -2.21. The van der Waals surface area contributed by atoms with Crippen LogP contribution >= 0.6 is 11.6 Å². The van der Waals surface area contributed by atoms with E-state index in [0.29, 0.717) is 23.4 Å². The van der Waals surface area contributed by atoms with E-state index in [2.05, 4.69) is 5.32 Å². The predicted molar refractivity (Wildman–Crippen MR) is 66.0 cm³/mol. The van der Waals surface area contributed by atoms with Crippen molar-refractivity contribution in [2.75, 3.05) is 6.61 Å². The third-order valence-corrected chi connectivity index (χ3v) is 2.86. The number of nitrogens with two attached hydrogens (primary N) is 1. The Morgan fingerprint density at radius 3 is 2.94 bits per heavy atom. The number of para-hydroxylation sites is 1. The summed E-state index contributed by atoms with van der Waals surface area (Å²) in [6.07, 6.45) is 2.44. The summed E-state index contributed by atoms with van der Waals surface area (Å²) < 4.78 is 5.34. The fraction of sp³-hybridized carbons (Fsp3) is 0.417. The zero-order chi connectivity index (χ0) is 12.3. The zero-order valence-corrected chi connectivity index (χ0v) is 10.2. The molecule has 0 saturated heterocycles. The highest BCUT2D eigenvalue weighted by Crippen LogP contribution is 2.29. The van der Waals surface area contributed by atoms with Gasteiger partial charge in [-0.1, -0.05) is 23.7 Å². The third kappa shape index (κ3) is 3.61. The number of ether oxygens (including phenoxy) is 1. The third-order valence-electron chi connectivity index (χ3n) is 2.57. The minimum absolute atomic E-state index is 0.153. The summed E-state index contributed by atoms with van der Waals surface area (Å²) in [5, 5.41) is 3.87. The van der Waals surface area contributed by atoms with Gasteiger partial charge in [0.25, 0.3) is 5.91 Å². The molecule has 0 radical (unpaired) electrons. The van der Waals surface area contributed by atoms with Gasteiger partial charge in [-0.25, -0.2) is 0 Å². The predicted octanol–water partition coefficient (Wildman–Crippen LogP) is 1.46. The summed E-state index contributed by atoms with van der Waals surface area (Å²) >= 11 is 6.04. The summed E-state index contributed by atoms with van der Waals surface area (Å²) in [4.78, 5) is 10.7. The van der Waals surface area contributed by atoms with Crippen molar-refractivity contribution in [1.29, 1.82) is 0 Å². The van der Waals surface area contributed by atoms with Crippen molar-refractivity contribution >= 4 is 17.5 Å². The second kappa shape index (κ2) is 5.38. The molecule has 3 N–H and O–H groups in total. The van der Waals surface area contributed by atoms with Crippen LogP contribution in [0.3, 0.4) is 0 Å². The first kappa shape index (κ1) is 12.2. The molecule has 2 rings (SSSR count). The van der Waals surface area contributed by atoms with E-state index in [9.17, 15) is 4.79 Å². The van der Waals surface area contributed by atoms with Gasteiger partial charge in [0, 0.05) is 18.2 Å². The highest BCUT2D eigenvalue weighted by molar-refractivity contribution is 6.32. The van der Waals surface area contributed by atoms with Crippen LogP contribution in [0.25, 0.3) is 0 Å². The van der Waals surface area contributed by atoms with Crippen molar-refractivity contribution in [3.8, 4) is 5.75 Å². The minimum Gasteiger partial charge on any atom is -0.482 e. The Morgan fingerprint density at radius 1 is 1.53 bits per heavy atom. The van der Waals surface area contributed by atoms with E-state index < -0.39 is 5.91 Å². The molecule has 1 fully saturated rings. The molecular formula is C12H15ClN2O2. The molecule has 1 saturated carbocycles. The van der Waals surface area contributed by atoms with Crippen LogP contribution in [0, 0.1) is 0 Å². The van der Waals surface area contributed by atoms with Gasteiger partial charge in [-0.3, -0.25) is 4.79 Å². The lowest BCUT2D eigenvalue weighted by molar-refractivity contribution is -0.119. The van der Waals surface area contributed by atoms with Gasteiger partial charge in [-0.05, 0) is 18.9 Å². The van der Waals surface area contributed by atoms with Crippen LogP contribution < -0.4 is 15.8 Å². The first-order valence-corrected chi connectivity index (χ1v) is 5.96. The van der Waals surface area contributed by atoms with Crippen molar-refractivity contribution in [3.05, 3.63) is 28.8 Å². The average Bonchev–Trinajstić information content (AvgIpc) is 3.08. The molecule has 1 aliphatic carbocycles. The molecule has 0 unspecified atom stereocenters. The molecule has 5 heteroatoms. The summed E-state index contributed by atoms with van der Waals surface area (Å²) in [5.74, 6) is 0.0344. The van der Waals surface area contributed by atoms with E-state index in [4.69, 9.17) is 22.1 Å². The van der Waals surface area contributed by atoms with Gasteiger partial charge in [0.05, 0.1) is 5.02 Å². The van der Waals surface area contributed by atoms with Crippen molar-refractivity contribution in [1.82, 2.24) is 5.32 Å². The number of hydrogen-bond donors (Lipinski definition) is 2. The van der Waals surface area contributed by atoms with E-state index in [0.717, 1.165) is 5.56 Å². The van der Waals surface area contributed by atoms with Crippen LogP contribution in [0.15, 0.2) is 18.2 Å². The number of rotatable bonds is 6. The molecule has 0 bridgehead atoms. The zero-order valence-electron chi connectivity index (χ0n) is 9.41. The largest absolute Gasteiger partial charge is 0.482 e. The Bertz CT molecular complexity index is 419. The molecule has 17 heavy (non-hydrogen) atoms. The van der Waals surface area contributed by atoms with Crippen molar-refractivity contribution in [2.45, 2.75) is 25.4 Å². The number of primary amides is 1. The maximum Gasteiger partial charge on any atom is 0.255 e. The molecule has 1 aromatic rings. The molecule has 4 nitrogen and oxygen atoms in total. The second-order valence-corrected chi connectivity index (χ2v) is 4.55. The van der Waals surface area contributed by atoms with Crippen molar-refractivity contribution in [2.24, 2.45) is 5.73 Å². The minimum atomic E-state index is -0.508.